The average molecular weight is 258 g/mol. The molecule has 0 spiro atoms. The Bertz CT molecular complexity index is 524. The second kappa shape index (κ2) is 4.88. The summed E-state index contributed by atoms with van der Waals surface area (Å²) in [6.07, 6.45) is 0.522. The molecule has 3 amide bonds. The van der Waals surface area contributed by atoms with Crippen molar-refractivity contribution in [2.24, 2.45) is 0 Å². The van der Waals surface area contributed by atoms with E-state index in [1.54, 1.807) is 6.92 Å². The summed E-state index contributed by atoms with van der Waals surface area (Å²) in [4.78, 5) is 25.9. The summed E-state index contributed by atoms with van der Waals surface area (Å²) < 4.78 is 0. The molecule has 2 rings (SSSR count). The molecule has 0 aliphatic carbocycles. The molecule has 1 aliphatic heterocycles. The molecule has 1 N–H and O–H groups in total. The van der Waals surface area contributed by atoms with Crippen molar-refractivity contribution in [1.82, 2.24) is 10.2 Å². The number of urea groups is 1. The van der Waals surface area contributed by atoms with Crippen LogP contribution in [0, 0.1) is 0 Å². The van der Waals surface area contributed by atoms with Crippen LogP contribution in [0.25, 0.3) is 0 Å². The van der Waals surface area contributed by atoms with Crippen LogP contribution in [0.15, 0.2) is 42.5 Å². The van der Waals surface area contributed by atoms with Gasteiger partial charge in [0.15, 0.2) is 0 Å². The lowest BCUT2D eigenvalue weighted by Crippen LogP contribution is -2.43. The summed E-state index contributed by atoms with van der Waals surface area (Å²) in [5.74, 6) is -0.200. The van der Waals surface area contributed by atoms with Gasteiger partial charge in [-0.15, -0.1) is 0 Å². The Hall–Kier alpha value is -2.10. The van der Waals surface area contributed by atoms with Gasteiger partial charge in [-0.05, 0) is 18.9 Å². The van der Waals surface area contributed by atoms with Crippen molar-refractivity contribution >= 4 is 11.9 Å². The van der Waals surface area contributed by atoms with Gasteiger partial charge in [0.1, 0.15) is 5.54 Å². The molecule has 1 unspecified atom stereocenters. The Morgan fingerprint density at radius 2 is 1.95 bits per heavy atom. The minimum atomic E-state index is -0.937. The van der Waals surface area contributed by atoms with Crippen molar-refractivity contribution in [3.63, 3.8) is 0 Å². The van der Waals surface area contributed by atoms with Crippen LogP contribution < -0.4 is 5.32 Å². The van der Waals surface area contributed by atoms with Gasteiger partial charge in [0, 0.05) is 0 Å². The predicted molar refractivity (Wildman–Crippen MR) is 73.5 cm³/mol. The average Bonchev–Trinajstić information content (AvgIpc) is 2.64. The SMILES string of the molecule is C=C(C)CN1C(=O)NC(CC)(c2ccccc2)C1=O. The molecule has 1 fully saturated rings. The van der Waals surface area contributed by atoms with E-state index in [1.807, 2.05) is 37.3 Å². The number of carbonyl (C=O) groups is 2. The zero-order chi connectivity index (χ0) is 14.0. The highest BCUT2D eigenvalue weighted by Crippen LogP contribution is 2.32. The lowest BCUT2D eigenvalue weighted by atomic mass is 9.87. The van der Waals surface area contributed by atoms with E-state index < -0.39 is 5.54 Å². The Labute approximate surface area is 113 Å². The van der Waals surface area contributed by atoms with Gasteiger partial charge in [-0.2, -0.15) is 0 Å². The number of nitrogens with zero attached hydrogens (tertiary/aromatic N) is 1. The Kier molecular flexibility index (Phi) is 3.42. The molecule has 19 heavy (non-hydrogen) atoms. The minimum absolute atomic E-state index is 0.200. The molecule has 1 saturated heterocycles. The van der Waals surface area contributed by atoms with E-state index in [-0.39, 0.29) is 18.5 Å². The van der Waals surface area contributed by atoms with Gasteiger partial charge in [0.25, 0.3) is 5.91 Å². The highest BCUT2D eigenvalue weighted by molar-refractivity contribution is 6.07. The fourth-order valence-electron chi connectivity index (χ4n) is 2.40. The first kappa shape index (κ1) is 13.3. The molecule has 1 aromatic carbocycles. The van der Waals surface area contributed by atoms with E-state index >= 15 is 0 Å². The van der Waals surface area contributed by atoms with Crippen LogP contribution >= 0.6 is 0 Å². The molecule has 4 nitrogen and oxygen atoms in total. The van der Waals surface area contributed by atoms with Gasteiger partial charge < -0.3 is 5.32 Å². The highest BCUT2D eigenvalue weighted by atomic mass is 16.2. The molecule has 1 aliphatic rings. The number of hydrogen-bond donors (Lipinski definition) is 1. The van der Waals surface area contributed by atoms with Crippen LogP contribution in [0.4, 0.5) is 4.79 Å². The number of hydrogen-bond acceptors (Lipinski definition) is 2. The molecular weight excluding hydrogens is 240 g/mol. The van der Waals surface area contributed by atoms with Crippen LogP contribution in [-0.4, -0.2) is 23.4 Å². The minimum Gasteiger partial charge on any atom is -0.319 e. The molecule has 1 atom stereocenters. The van der Waals surface area contributed by atoms with E-state index in [1.165, 1.54) is 4.90 Å². The summed E-state index contributed by atoms with van der Waals surface area (Å²) in [5, 5.41) is 2.83. The van der Waals surface area contributed by atoms with Crippen LogP contribution in [0.5, 0.6) is 0 Å². The first-order valence-corrected chi connectivity index (χ1v) is 6.35. The van der Waals surface area contributed by atoms with Gasteiger partial charge in [-0.3, -0.25) is 9.69 Å². The number of rotatable bonds is 4. The summed E-state index contributed by atoms with van der Waals surface area (Å²) in [6.45, 7) is 7.72. The number of benzene rings is 1. The van der Waals surface area contributed by atoms with E-state index in [2.05, 4.69) is 11.9 Å². The maximum absolute atomic E-state index is 12.6. The van der Waals surface area contributed by atoms with Gasteiger partial charge in [-0.1, -0.05) is 49.4 Å². The Morgan fingerprint density at radius 1 is 1.32 bits per heavy atom. The first-order valence-electron chi connectivity index (χ1n) is 6.35. The highest BCUT2D eigenvalue weighted by Gasteiger charge is 2.50. The molecule has 0 bridgehead atoms. The molecule has 1 heterocycles. The molecule has 100 valence electrons. The molecule has 0 saturated carbocycles. The summed E-state index contributed by atoms with van der Waals surface area (Å²) >= 11 is 0. The van der Waals surface area contributed by atoms with Crippen LogP contribution in [0.3, 0.4) is 0 Å². The van der Waals surface area contributed by atoms with Crippen LogP contribution in [-0.2, 0) is 10.3 Å². The van der Waals surface area contributed by atoms with Crippen LogP contribution in [0.1, 0.15) is 25.8 Å². The lowest BCUT2D eigenvalue weighted by Gasteiger charge is -2.25. The van der Waals surface area contributed by atoms with Gasteiger partial charge in [0.2, 0.25) is 0 Å². The summed E-state index contributed by atoms with van der Waals surface area (Å²) in [5.41, 5.74) is 0.664. The molecule has 1 aromatic rings. The normalized spacial score (nSPS) is 22.5. The summed E-state index contributed by atoms with van der Waals surface area (Å²) in [6, 6.07) is 9.01. The third-order valence-electron chi connectivity index (χ3n) is 3.40. The topological polar surface area (TPSA) is 49.4 Å². The Balaban J connectivity index is 2.41. The predicted octanol–water partition coefficient (Wildman–Crippen LogP) is 2.42. The summed E-state index contributed by atoms with van der Waals surface area (Å²) in [7, 11) is 0. The quantitative estimate of drug-likeness (QED) is 0.666. The molecule has 0 radical (unpaired) electrons. The Morgan fingerprint density at radius 3 is 2.47 bits per heavy atom. The smallest absolute Gasteiger partial charge is 0.319 e. The van der Waals surface area contributed by atoms with E-state index in [9.17, 15) is 9.59 Å². The second-order valence-electron chi connectivity index (χ2n) is 4.90. The monoisotopic (exact) mass is 258 g/mol. The molecule has 4 heteroatoms. The lowest BCUT2D eigenvalue weighted by molar-refractivity contribution is -0.131. The second-order valence-corrected chi connectivity index (χ2v) is 4.90. The number of imide groups is 1. The van der Waals surface area contributed by atoms with Crippen LogP contribution in [0.2, 0.25) is 0 Å². The maximum Gasteiger partial charge on any atom is 0.325 e. The number of carbonyl (C=O) groups excluding carboxylic acids is 2. The van der Waals surface area contributed by atoms with Gasteiger partial charge in [-0.25, -0.2) is 4.79 Å². The largest absolute Gasteiger partial charge is 0.325 e. The van der Waals surface area contributed by atoms with Crippen molar-refractivity contribution in [2.45, 2.75) is 25.8 Å². The third kappa shape index (κ3) is 2.14. The number of nitrogens with one attached hydrogen (secondary N) is 1. The van der Waals surface area contributed by atoms with Crippen molar-refractivity contribution in [3.05, 3.63) is 48.0 Å². The van der Waals surface area contributed by atoms with Gasteiger partial charge in [0.05, 0.1) is 6.54 Å². The maximum atomic E-state index is 12.6. The van der Waals surface area contributed by atoms with Gasteiger partial charge >= 0.3 is 6.03 Å². The van der Waals surface area contributed by atoms with E-state index in [0.717, 1.165) is 11.1 Å². The first-order chi connectivity index (χ1) is 9.01. The standard InChI is InChI=1S/C15H18N2O2/c1-4-15(12-8-6-5-7-9-12)13(18)17(10-11(2)3)14(19)16-15/h5-9H,2,4,10H2,1,3H3,(H,16,19). The van der Waals surface area contributed by atoms with Crippen molar-refractivity contribution in [3.8, 4) is 0 Å². The number of amides is 3. The van der Waals surface area contributed by atoms with E-state index in [4.69, 9.17) is 0 Å². The fourth-order valence-corrected chi connectivity index (χ4v) is 2.40. The third-order valence-corrected chi connectivity index (χ3v) is 3.40. The molecule has 0 aromatic heterocycles. The van der Waals surface area contributed by atoms with Crippen molar-refractivity contribution < 1.29 is 9.59 Å². The molecular formula is C15H18N2O2. The van der Waals surface area contributed by atoms with Crippen molar-refractivity contribution in [2.75, 3.05) is 6.54 Å². The van der Waals surface area contributed by atoms with E-state index in [0.29, 0.717) is 6.42 Å². The zero-order valence-electron chi connectivity index (χ0n) is 11.3. The fraction of sp³-hybridized carbons (Fsp3) is 0.333. The zero-order valence-corrected chi connectivity index (χ0v) is 11.3. The van der Waals surface area contributed by atoms with Crippen molar-refractivity contribution in [1.29, 1.82) is 0 Å².